The second kappa shape index (κ2) is 7.21. The summed E-state index contributed by atoms with van der Waals surface area (Å²) in [5, 5.41) is 12.6. The number of rotatable bonds is 3. The van der Waals surface area contributed by atoms with E-state index in [1.807, 2.05) is 60.8 Å². The van der Waals surface area contributed by atoms with Crippen LogP contribution in [0.5, 0.6) is 5.75 Å². The van der Waals surface area contributed by atoms with Gasteiger partial charge in [-0.15, -0.1) is 0 Å². The van der Waals surface area contributed by atoms with E-state index in [4.69, 9.17) is 0 Å². The molecule has 4 aromatic rings. The lowest BCUT2D eigenvalue weighted by molar-refractivity contribution is 0.476. The van der Waals surface area contributed by atoms with Gasteiger partial charge in [-0.25, -0.2) is 0 Å². The second-order valence-electron chi connectivity index (χ2n) is 6.35. The minimum absolute atomic E-state index is 0.347. The molecule has 0 fully saturated rings. The van der Waals surface area contributed by atoms with Crippen molar-refractivity contribution in [3.8, 4) is 17.6 Å². The van der Waals surface area contributed by atoms with Gasteiger partial charge in [-0.2, -0.15) is 0 Å². The molecule has 2 heteroatoms. The molecule has 2 nitrogen and oxygen atoms in total. The first-order valence-electron chi connectivity index (χ1n) is 8.69. The van der Waals surface area contributed by atoms with E-state index >= 15 is 0 Å². The Labute approximate surface area is 153 Å². The van der Waals surface area contributed by atoms with Crippen LogP contribution in [0, 0.1) is 11.8 Å². The number of hydrogen-bond donors (Lipinski definition) is 2. The normalized spacial score (nSPS) is 10.5. The molecular formula is C24H19NO. The van der Waals surface area contributed by atoms with Crippen LogP contribution in [0.1, 0.15) is 22.4 Å². The van der Waals surface area contributed by atoms with Gasteiger partial charge in [-0.1, -0.05) is 60.4 Å². The van der Waals surface area contributed by atoms with Crippen LogP contribution in [0.3, 0.4) is 0 Å². The molecule has 3 aromatic carbocycles. The third-order valence-corrected chi connectivity index (χ3v) is 4.49. The van der Waals surface area contributed by atoms with Crippen LogP contribution in [0.25, 0.3) is 10.8 Å². The average Bonchev–Trinajstić information content (AvgIpc) is 3.19. The van der Waals surface area contributed by atoms with Crippen LogP contribution in [0.15, 0.2) is 79.0 Å². The summed E-state index contributed by atoms with van der Waals surface area (Å²) in [6, 6.07) is 24.2. The lowest BCUT2D eigenvalue weighted by Crippen LogP contribution is -1.90. The molecule has 1 aromatic heterocycles. The summed E-state index contributed by atoms with van der Waals surface area (Å²) in [6.07, 6.45) is 3.30. The molecule has 1 heterocycles. The minimum Gasteiger partial charge on any atom is -0.507 e. The summed E-state index contributed by atoms with van der Waals surface area (Å²) in [7, 11) is 0. The molecule has 0 radical (unpaired) electrons. The Bertz CT molecular complexity index is 1080. The van der Waals surface area contributed by atoms with Crippen LogP contribution in [-0.2, 0) is 12.8 Å². The zero-order chi connectivity index (χ0) is 17.8. The molecule has 0 unspecified atom stereocenters. The fourth-order valence-corrected chi connectivity index (χ4v) is 3.10. The number of fused-ring (bicyclic) bond motifs is 1. The second-order valence-corrected chi connectivity index (χ2v) is 6.35. The first-order chi connectivity index (χ1) is 12.8. The highest BCUT2D eigenvalue weighted by Crippen LogP contribution is 2.31. The molecular weight excluding hydrogens is 318 g/mol. The summed E-state index contributed by atoms with van der Waals surface area (Å²) < 4.78 is 0. The fraction of sp³-hybridized carbons (Fsp3) is 0.0833. The maximum Gasteiger partial charge on any atom is 0.126 e. The van der Waals surface area contributed by atoms with Crippen molar-refractivity contribution in [2.75, 3.05) is 0 Å². The van der Waals surface area contributed by atoms with Gasteiger partial charge in [0.15, 0.2) is 0 Å². The van der Waals surface area contributed by atoms with Crippen molar-refractivity contribution in [3.05, 3.63) is 101 Å². The van der Waals surface area contributed by atoms with E-state index in [2.05, 4.69) is 35.0 Å². The van der Waals surface area contributed by atoms with E-state index in [0.717, 1.165) is 27.6 Å². The highest BCUT2D eigenvalue weighted by Gasteiger charge is 2.07. The SMILES string of the molecule is Oc1c(Cc2ccccc2)ccc2ccc(C#CCc3ccc[nH]3)cc12. The predicted molar refractivity (Wildman–Crippen MR) is 106 cm³/mol. The maximum absolute atomic E-state index is 10.8. The van der Waals surface area contributed by atoms with Crippen LogP contribution in [-0.4, -0.2) is 10.1 Å². The number of hydrogen-bond acceptors (Lipinski definition) is 1. The number of phenolic OH excluding ortho intramolecular Hbond substituents is 1. The van der Waals surface area contributed by atoms with Gasteiger partial charge in [0.25, 0.3) is 0 Å². The third kappa shape index (κ3) is 3.48. The number of phenols is 1. The molecule has 26 heavy (non-hydrogen) atoms. The quantitative estimate of drug-likeness (QED) is 0.504. The molecule has 0 aliphatic carbocycles. The lowest BCUT2D eigenvalue weighted by Gasteiger charge is -2.09. The van der Waals surface area contributed by atoms with E-state index in [1.165, 1.54) is 5.56 Å². The van der Waals surface area contributed by atoms with E-state index in [0.29, 0.717) is 18.6 Å². The van der Waals surface area contributed by atoms with Crippen molar-refractivity contribution in [3.63, 3.8) is 0 Å². The lowest BCUT2D eigenvalue weighted by atomic mass is 9.98. The molecule has 0 saturated heterocycles. The summed E-state index contributed by atoms with van der Waals surface area (Å²) in [4.78, 5) is 3.15. The standard InChI is InChI=1S/C24H19NO/c26-24-21(16-18-6-2-1-3-7-18)14-13-20-12-11-19(17-23(20)24)8-4-9-22-10-5-15-25-22/h1-3,5-7,10-15,17,25-26H,9,16H2. The predicted octanol–water partition coefficient (Wildman–Crippen LogP) is 5.06. The molecule has 0 amide bonds. The number of H-pyrrole nitrogens is 1. The Balaban J connectivity index is 1.64. The van der Waals surface area contributed by atoms with Gasteiger partial charge in [-0.3, -0.25) is 0 Å². The highest BCUT2D eigenvalue weighted by molar-refractivity contribution is 5.90. The van der Waals surface area contributed by atoms with Crippen molar-refractivity contribution in [1.29, 1.82) is 0 Å². The van der Waals surface area contributed by atoms with Crippen molar-refractivity contribution < 1.29 is 5.11 Å². The Morgan fingerprint density at radius 2 is 1.73 bits per heavy atom. The van der Waals surface area contributed by atoms with Crippen LogP contribution >= 0.6 is 0 Å². The van der Waals surface area contributed by atoms with Gasteiger partial charge in [0.05, 0.1) is 0 Å². The monoisotopic (exact) mass is 337 g/mol. The summed E-state index contributed by atoms with van der Waals surface area (Å²) >= 11 is 0. The number of benzene rings is 3. The van der Waals surface area contributed by atoms with Crippen molar-refractivity contribution >= 4 is 10.8 Å². The number of aromatic amines is 1. The Morgan fingerprint density at radius 3 is 2.54 bits per heavy atom. The molecule has 0 atom stereocenters. The van der Waals surface area contributed by atoms with E-state index in [9.17, 15) is 5.11 Å². The van der Waals surface area contributed by atoms with Crippen LogP contribution < -0.4 is 0 Å². The zero-order valence-corrected chi connectivity index (χ0v) is 14.4. The van der Waals surface area contributed by atoms with Crippen molar-refractivity contribution in [2.24, 2.45) is 0 Å². The van der Waals surface area contributed by atoms with E-state index < -0.39 is 0 Å². The molecule has 0 bridgehead atoms. The van der Waals surface area contributed by atoms with Crippen LogP contribution in [0.2, 0.25) is 0 Å². The van der Waals surface area contributed by atoms with Crippen molar-refractivity contribution in [2.45, 2.75) is 12.8 Å². The first-order valence-corrected chi connectivity index (χ1v) is 8.69. The molecule has 126 valence electrons. The molecule has 0 aliphatic rings. The van der Waals surface area contributed by atoms with Gasteiger partial charge in [0.1, 0.15) is 5.75 Å². The smallest absolute Gasteiger partial charge is 0.126 e. The molecule has 4 rings (SSSR count). The summed E-state index contributed by atoms with van der Waals surface area (Å²) in [5.74, 6) is 6.72. The largest absolute Gasteiger partial charge is 0.507 e. The summed E-state index contributed by atoms with van der Waals surface area (Å²) in [6.45, 7) is 0. The van der Waals surface area contributed by atoms with Crippen molar-refractivity contribution in [1.82, 2.24) is 4.98 Å². The van der Waals surface area contributed by atoms with Gasteiger partial charge >= 0.3 is 0 Å². The summed E-state index contributed by atoms with van der Waals surface area (Å²) in [5.41, 5.74) is 4.13. The minimum atomic E-state index is 0.347. The third-order valence-electron chi connectivity index (χ3n) is 4.49. The highest BCUT2D eigenvalue weighted by atomic mass is 16.3. The molecule has 0 saturated carbocycles. The van der Waals surface area contributed by atoms with Gasteiger partial charge in [-0.05, 0) is 40.8 Å². The maximum atomic E-state index is 10.8. The van der Waals surface area contributed by atoms with Gasteiger partial charge in [0.2, 0.25) is 0 Å². The topological polar surface area (TPSA) is 36.0 Å². The number of aromatic nitrogens is 1. The zero-order valence-electron chi connectivity index (χ0n) is 14.4. The Morgan fingerprint density at radius 1 is 0.885 bits per heavy atom. The fourth-order valence-electron chi connectivity index (χ4n) is 3.10. The Hall–Kier alpha value is -3.44. The first kappa shape index (κ1) is 16.1. The molecule has 0 spiro atoms. The molecule has 2 N–H and O–H groups in total. The number of aromatic hydroxyl groups is 1. The van der Waals surface area contributed by atoms with Gasteiger partial charge < -0.3 is 10.1 Å². The average molecular weight is 337 g/mol. The van der Waals surface area contributed by atoms with E-state index in [-0.39, 0.29) is 0 Å². The Kier molecular flexibility index (Phi) is 4.45. The van der Waals surface area contributed by atoms with E-state index in [1.54, 1.807) is 0 Å². The van der Waals surface area contributed by atoms with Crippen LogP contribution in [0.4, 0.5) is 0 Å². The number of nitrogens with one attached hydrogen (secondary N) is 1. The van der Waals surface area contributed by atoms with Gasteiger partial charge in [0, 0.05) is 35.7 Å². The molecule has 0 aliphatic heterocycles.